The molecule has 0 spiro atoms. The zero-order valence-corrected chi connectivity index (χ0v) is 10.8. The van der Waals surface area contributed by atoms with Gasteiger partial charge in [-0.25, -0.2) is 4.98 Å². The summed E-state index contributed by atoms with van der Waals surface area (Å²) in [5.74, 6) is 0. The van der Waals surface area contributed by atoms with Crippen LogP contribution in [0.15, 0.2) is 28.4 Å². The standard InChI is InChI=1S/C10H12BrN3S/c1-14(5-8-4-12-7-13-8)6-9-2-3-10(11)15-9/h2-4,7H,5-6H2,1H3,(H,12,13). The zero-order chi connectivity index (χ0) is 10.7. The van der Waals surface area contributed by atoms with E-state index in [0.717, 1.165) is 18.8 Å². The fraction of sp³-hybridized carbons (Fsp3) is 0.300. The van der Waals surface area contributed by atoms with Crippen LogP contribution in [0.25, 0.3) is 0 Å². The number of hydrogen-bond donors (Lipinski definition) is 1. The Hall–Kier alpha value is -0.650. The van der Waals surface area contributed by atoms with Gasteiger partial charge in [0.15, 0.2) is 0 Å². The first-order chi connectivity index (χ1) is 7.24. The first-order valence-corrected chi connectivity index (χ1v) is 6.25. The van der Waals surface area contributed by atoms with E-state index in [0.29, 0.717) is 0 Å². The summed E-state index contributed by atoms with van der Waals surface area (Å²) in [6.07, 6.45) is 3.58. The zero-order valence-electron chi connectivity index (χ0n) is 8.40. The molecular formula is C10H12BrN3S. The molecule has 5 heteroatoms. The van der Waals surface area contributed by atoms with Crippen LogP contribution < -0.4 is 0 Å². The summed E-state index contributed by atoms with van der Waals surface area (Å²) < 4.78 is 1.19. The predicted molar refractivity (Wildman–Crippen MR) is 65.8 cm³/mol. The summed E-state index contributed by atoms with van der Waals surface area (Å²) in [6, 6.07) is 4.24. The summed E-state index contributed by atoms with van der Waals surface area (Å²) in [4.78, 5) is 10.7. The van der Waals surface area contributed by atoms with E-state index in [1.165, 1.54) is 8.66 Å². The quantitative estimate of drug-likeness (QED) is 0.937. The van der Waals surface area contributed by atoms with E-state index in [1.54, 1.807) is 17.7 Å². The van der Waals surface area contributed by atoms with Gasteiger partial charge in [-0.3, -0.25) is 4.90 Å². The van der Waals surface area contributed by atoms with E-state index in [4.69, 9.17) is 0 Å². The number of nitrogens with zero attached hydrogens (tertiary/aromatic N) is 2. The lowest BCUT2D eigenvalue weighted by molar-refractivity contribution is 0.318. The molecule has 3 nitrogen and oxygen atoms in total. The summed E-state index contributed by atoms with van der Waals surface area (Å²) in [5, 5.41) is 0. The van der Waals surface area contributed by atoms with Gasteiger partial charge in [0.1, 0.15) is 0 Å². The van der Waals surface area contributed by atoms with Crippen LogP contribution in [-0.2, 0) is 13.1 Å². The lowest BCUT2D eigenvalue weighted by atomic mass is 10.4. The minimum atomic E-state index is 0.898. The van der Waals surface area contributed by atoms with E-state index >= 15 is 0 Å². The molecule has 2 aromatic heterocycles. The molecule has 0 unspecified atom stereocenters. The Morgan fingerprint density at radius 2 is 2.33 bits per heavy atom. The van der Waals surface area contributed by atoms with E-state index in [2.05, 4.69) is 50.0 Å². The van der Waals surface area contributed by atoms with Crippen LogP contribution in [0.1, 0.15) is 10.6 Å². The van der Waals surface area contributed by atoms with E-state index in [-0.39, 0.29) is 0 Å². The van der Waals surface area contributed by atoms with Crippen molar-refractivity contribution in [1.29, 1.82) is 0 Å². The monoisotopic (exact) mass is 285 g/mol. The van der Waals surface area contributed by atoms with Crippen LogP contribution in [0, 0.1) is 0 Å². The summed E-state index contributed by atoms with van der Waals surface area (Å²) in [7, 11) is 2.11. The number of imidazole rings is 1. The Balaban J connectivity index is 1.90. The van der Waals surface area contributed by atoms with Crippen LogP contribution >= 0.6 is 27.3 Å². The summed E-state index contributed by atoms with van der Waals surface area (Å²) in [6.45, 7) is 1.87. The van der Waals surface area contributed by atoms with Gasteiger partial charge in [-0.2, -0.15) is 0 Å². The van der Waals surface area contributed by atoms with Gasteiger partial charge in [0.05, 0.1) is 10.1 Å². The fourth-order valence-corrected chi connectivity index (χ4v) is 2.98. The largest absolute Gasteiger partial charge is 0.347 e. The van der Waals surface area contributed by atoms with Crippen LogP contribution in [0.3, 0.4) is 0 Å². The number of H-pyrrole nitrogens is 1. The van der Waals surface area contributed by atoms with Crippen molar-refractivity contribution in [3.63, 3.8) is 0 Å². The smallest absolute Gasteiger partial charge is 0.0922 e. The molecule has 0 saturated heterocycles. The molecule has 0 fully saturated rings. The Bertz CT molecular complexity index is 410. The first kappa shape index (κ1) is 10.9. The van der Waals surface area contributed by atoms with Gasteiger partial charge in [-0.15, -0.1) is 11.3 Å². The molecule has 0 aliphatic rings. The summed E-state index contributed by atoms with van der Waals surface area (Å²) in [5.41, 5.74) is 1.15. The van der Waals surface area contributed by atoms with Crippen molar-refractivity contribution in [2.24, 2.45) is 0 Å². The minimum Gasteiger partial charge on any atom is -0.347 e. The molecule has 2 rings (SSSR count). The molecule has 0 bridgehead atoms. The first-order valence-electron chi connectivity index (χ1n) is 4.64. The van der Waals surface area contributed by atoms with Crippen LogP contribution in [0.5, 0.6) is 0 Å². The van der Waals surface area contributed by atoms with Crippen molar-refractivity contribution in [2.45, 2.75) is 13.1 Å². The highest BCUT2D eigenvalue weighted by Gasteiger charge is 2.04. The van der Waals surface area contributed by atoms with E-state index in [1.807, 2.05) is 6.20 Å². The molecule has 0 aliphatic carbocycles. The Morgan fingerprint density at radius 3 is 2.93 bits per heavy atom. The number of hydrogen-bond acceptors (Lipinski definition) is 3. The third-order valence-corrected chi connectivity index (χ3v) is 3.66. The molecule has 0 amide bonds. The number of halogens is 1. The Labute approximate surface area is 101 Å². The van der Waals surface area contributed by atoms with Gasteiger partial charge in [0.25, 0.3) is 0 Å². The van der Waals surface area contributed by atoms with Crippen molar-refractivity contribution in [2.75, 3.05) is 7.05 Å². The highest BCUT2D eigenvalue weighted by atomic mass is 79.9. The maximum absolute atomic E-state index is 4.00. The number of aromatic nitrogens is 2. The fourth-order valence-electron chi connectivity index (χ4n) is 1.42. The van der Waals surface area contributed by atoms with Crippen molar-refractivity contribution < 1.29 is 0 Å². The van der Waals surface area contributed by atoms with Crippen LogP contribution in [0.4, 0.5) is 0 Å². The maximum Gasteiger partial charge on any atom is 0.0922 e. The Morgan fingerprint density at radius 1 is 1.47 bits per heavy atom. The van der Waals surface area contributed by atoms with Gasteiger partial charge in [-0.05, 0) is 35.1 Å². The SMILES string of the molecule is CN(Cc1cnc[nH]1)Cc1ccc(Br)s1. The number of aromatic amines is 1. The van der Waals surface area contributed by atoms with Gasteiger partial charge in [-0.1, -0.05) is 0 Å². The maximum atomic E-state index is 4.00. The highest BCUT2D eigenvalue weighted by Crippen LogP contribution is 2.23. The number of thiophene rings is 1. The second kappa shape index (κ2) is 4.92. The Kier molecular flexibility index (Phi) is 3.56. The van der Waals surface area contributed by atoms with E-state index in [9.17, 15) is 0 Å². The predicted octanol–water partition coefficient (Wildman–Crippen LogP) is 2.87. The highest BCUT2D eigenvalue weighted by molar-refractivity contribution is 9.11. The number of nitrogens with one attached hydrogen (secondary N) is 1. The average molecular weight is 286 g/mol. The lowest BCUT2D eigenvalue weighted by Crippen LogP contribution is -2.16. The molecular weight excluding hydrogens is 274 g/mol. The molecule has 80 valence electrons. The third-order valence-electron chi connectivity index (χ3n) is 2.05. The molecule has 15 heavy (non-hydrogen) atoms. The van der Waals surface area contributed by atoms with Crippen LogP contribution in [-0.4, -0.2) is 21.9 Å². The molecule has 0 aliphatic heterocycles. The molecule has 0 atom stereocenters. The van der Waals surface area contributed by atoms with Crippen LogP contribution in [0.2, 0.25) is 0 Å². The van der Waals surface area contributed by atoms with Gasteiger partial charge in [0.2, 0.25) is 0 Å². The van der Waals surface area contributed by atoms with Crippen molar-refractivity contribution >= 4 is 27.3 Å². The van der Waals surface area contributed by atoms with Crippen molar-refractivity contribution in [1.82, 2.24) is 14.9 Å². The lowest BCUT2D eigenvalue weighted by Gasteiger charge is -2.13. The van der Waals surface area contributed by atoms with Crippen molar-refractivity contribution in [3.8, 4) is 0 Å². The molecule has 0 radical (unpaired) electrons. The average Bonchev–Trinajstić information content (AvgIpc) is 2.77. The van der Waals surface area contributed by atoms with Crippen molar-refractivity contribution in [3.05, 3.63) is 39.0 Å². The second-order valence-corrected chi connectivity index (χ2v) is 6.00. The van der Waals surface area contributed by atoms with E-state index < -0.39 is 0 Å². The topological polar surface area (TPSA) is 31.9 Å². The number of rotatable bonds is 4. The third kappa shape index (κ3) is 3.15. The second-order valence-electron chi connectivity index (χ2n) is 3.45. The molecule has 1 N–H and O–H groups in total. The van der Waals surface area contributed by atoms with Gasteiger partial charge < -0.3 is 4.98 Å². The normalized spacial score (nSPS) is 11.1. The summed E-state index contributed by atoms with van der Waals surface area (Å²) >= 11 is 5.24. The molecule has 2 heterocycles. The molecule has 0 saturated carbocycles. The molecule has 2 aromatic rings. The van der Waals surface area contributed by atoms with Gasteiger partial charge >= 0.3 is 0 Å². The van der Waals surface area contributed by atoms with Gasteiger partial charge in [0, 0.05) is 29.9 Å². The minimum absolute atomic E-state index is 0.898. The molecule has 0 aromatic carbocycles.